The number of likely N-dealkylation sites (tertiary alicyclic amines) is 1. The summed E-state index contributed by atoms with van der Waals surface area (Å²) in [6, 6.07) is 5.20. The van der Waals surface area contributed by atoms with Gasteiger partial charge in [-0.2, -0.15) is 0 Å². The van der Waals surface area contributed by atoms with E-state index in [2.05, 4.69) is 4.90 Å². The molecule has 0 aromatic heterocycles. The maximum absolute atomic E-state index is 12.1. The number of anilines is 1. The van der Waals surface area contributed by atoms with Crippen molar-refractivity contribution in [2.45, 2.75) is 12.8 Å². The summed E-state index contributed by atoms with van der Waals surface area (Å²) in [5.41, 5.74) is 6.91. The van der Waals surface area contributed by atoms with Crippen LogP contribution in [0, 0.1) is 0 Å². The lowest BCUT2D eigenvalue weighted by molar-refractivity contribution is 0.0946. The van der Waals surface area contributed by atoms with Crippen LogP contribution in [-0.4, -0.2) is 37.4 Å². The predicted molar refractivity (Wildman–Crippen MR) is 67.4 cm³/mol. The summed E-state index contributed by atoms with van der Waals surface area (Å²) in [5.74, 6) is 0.743. The van der Waals surface area contributed by atoms with Gasteiger partial charge >= 0.3 is 0 Å². The Bertz CT molecular complexity index is 412. The highest BCUT2D eigenvalue weighted by molar-refractivity contribution is 6.02. The van der Waals surface area contributed by atoms with Crippen LogP contribution in [-0.2, 0) is 0 Å². The van der Waals surface area contributed by atoms with E-state index in [1.807, 2.05) is 0 Å². The molecule has 0 radical (unpaired) electrons. The maximum atomic E-state index is 12.1. The topological polar surface area (TPSA) is 55.6 Å². The molecule has 0 unspecified atom stereocenters. The molecular weight excluding hydrogens is 216 g/mol. The summed E-state index contributed by atoms with van der Waals surface area (Å²) >= 11 is 0. The van der Waals surface area contributed by atoms with Crippen molar-refractivity contribution in [2.24, 2.45) is 0 Å². The third-order valence-corrected chi connectivity index (χ3v) is 3.13. The molecule has 1 heterocycles. The molecule has 1 saturated heterocycles. The Balaban J connectivity index is 2.11. The smallest absolute Gasteiger partial charge is 0.179 e. The zero-order valence-electron chi connectivity index (χ0n) is 10.1. The largest absolute Gasteiger partial charge is 0.497 e. The first-order valence-corrected chi connectivity index (χ1v) is 5.90. The van der Waals surface area contributed by atoms with E-state index in [1.54, 1.807) is 25.3 Å². The maximum Gasteiger partial charge on any atom is 0.179 e. The minimum absolute atomic E-state index is 0.0725. The SMILES string of the molecule is COc1ccc(N)c(C(=O)CN2CCCC2)c1. The molecule has 1 aliphatic rings. The van der Waals surface area contributed by atoms with Gasteiger partial charge in [-0.05, 0) is 44.1 Å². The molecule has 1 aromatic rings. The first-order chi connectivity index (χ1) is 8.20. The molecule has 0 amide bonds. The van der Waals surface area contributed by atoms with Gasteiger partial charge in [-0.3, -0.25) is 9.69 Å². The van der Waals surface area contributed by atoms with E-state index < -0.39 is 0 Å². The lowest BCUT2D eigenvalue weighted by atomic mass is 10.1. The average molecular weight is 234 g/mol. The van der Waals surface area contributed by atoms with Crippen LogP contribution in [0.3, 0.4) is 0 Å². The van der Waals surface area contributed by atoms with Crippen LogP contribution in [0.25, 0.3) is 0 Å². The second-order valence-corrected chi connectivity index (χ2v) is 4.36. The van der Waals surface area contributed by atoms with Gasteiger partial charge in [0.05, 0.1) is 13.7 Å². The van der Waals surface area contributed by atoms with Crippen LogP contribution in [0.15, 0.2) is 18.2 Å². The molecule has 0 atom stereocenters. The van der Waals surface area contributed by atoms with Gasteiger partial charge in [0.25, 0.3) is 0 Å². The van der Waals surface area contributed by atoms with Crippen LogP contribution in [0.4, 0.5) is 5.69 Å². The number of hydrogen-bond donors (Lipinski definition) is 1. The summed E-state index contributed by atoms with van der Waals surface area (Å²) in [7, 11) is 1.58. The van der Waals surface area contributed by atoms with Crippen molar-refractivity contribution in [1.29, 1.82) is 0 Å². The zero-order chi connectivity index (χ0) is 12.3. The molecule has 0 spiro atoms. The highest BCUT2D eigenvalue weighted by atomic mass is 16.5. The highest BCUT2D eigenvalue weighted by Gasteiger charge is 2.18. The molecule has 2 rings (SSSR count). The Morgan fingerprint density at radius 2 is 2.12 bits per heavy atom. The predicted octanol–water partition coefficient (Wildman–Crippen LogP) is 1.56. The molecule has 2 N–H and O–H groups in total. The van der Waals surface area contributed by atoms with E-state index >= 15 is 0 Å². The van der Waals surface area contributed by atoms with Crippen molar-refractivity contribution in [3.63, 3.8) is 0 Å². The molecule has 92 valence electrons. The van der Waals surface area contributed by atoms with Gasteiger partial charge in [-0.15, -0.1) is 0 Å². The molecule has 1 fully saturated rings. The fraction of sp³-hybridized carbons (Fsp3) is 0.462. The molecular formula is C13H18N2O2. The fourth-order valence-corrected chi connectivity index (χ4v) is 2.13. The number of ether oxygens (including phenoxy) is 1. The Morgan fingerprint density at radius 3 is 2.76 bits per heavy atom. The number of nitrogen functional groups attached to an aromatic ring is 1. The van der Waals surface area contributed by atoms with E-state index in [0.717, 1.165) is 13.1 Å². The monoisotopic (exact) mass is 234 g/mol. The summed E-state index contributed by atoms with van der Waals surface area (Å²) in [5, 5.41) is 0. The number of methoxy groups -OCH3 is 1. The number of Topliss-reactive ketones (excluding diaryl/α,β-unsaturated/α-hetero) is 1. The highest BCUT2D eigenvalue weighted by Crippen LogP contribution is 2.20. The van der Waals surface area contributed by atoms with Crippen molar-refractivity contribution >= 4 is 11.5 Å². The number of carbonyl (C=O) groups excluding carboxylic acids is 1. The normalized spacial score (nSPS) is 16.1. The Kier molecular flexibility index (Phi) is 3.64. The van der Waals surface area contributed by atoms with Crippen molar-refractivity contribution in [1.82, 2.24) is 4.90 Å². The Morgan fingerprint density at radius 1 is 1.41 bits per heavy atom. The summed E-state index contributed by atoms with van der Waals surface area (Å²) in [4.78, 5) is 14.3. The van der Waals surface area contributed by atoms with Crippen molar-refractivity contribution in [3.05, 3.63) is 23.8 Å². The Hall–Kier alpha value is -1.55. The molecule has 0 aliphatic carbocycles. The number of benzene rings is 1. The molecule has 0 saturated carbocycles. The van der Waals surface area contributed by atoms with Crippen molar-refractivity contribution < 1.29 is 9.53 Å². The van der Waals surface area contributed by atoms with E-state index in [0.29, 0.717) is 23.5 Å². The quantitative estimate of drug-likeness (QED) is 0.634. The molecule has 1 aliphatic heterocycles. The van der Waals surface area contributed by atoms with Gasteiger partial charge in [-0.25, -0.2) is 0 Å². The third-order valence-electron chi connectivity index (χ3n) is 3.13. The fourth-order valence-electron chi connectivity index (χ4n) is 2.13. The molecule has 4 nitrogen and oxygen atoms in total. The molecule has 0 bridgehead atoms. The van der Waals surface area contributed by atoms with Gasteiger partial charge in [-0.1, -0.05) is 0 Å². The second-order valence-electron chi connectivity index (χ2n) is 4.36. The minimum atomic E-state index is 0.0725. The van der Waals surface area contributed by atoms with E-state index in [9.17, 15) is 4.79 Å². The summed E-state index contributed by atoms with van der Waals surface area (Å²) < 4.78 is 5.11. The lowest BCUT2D eigenvalue weighted by Gasteiger charge is -2.14. The van der Waals surface area contributed by atoms with Crippen LogP contribution < -0.4 is 10.5 Å². The number of rotatable bonds is 4. The number of hydrogen-bond acceptors (Lipinski definition) is 4. The van der Waals surface area contributed by atoms with E-state index in [1.165, 1.54) is 12.8 Å². The minimum Gasteiger partial charge on any atom is -0.497 e. The van der Waals surface area contributed by atoms with Crippen LogP contribution in [0.1, 0.15) is 23.2 Å². The van der Waals surface area contributed by atoms with Crippen molar-refractivity contribution in [3.8, 4) is 5.75 Å². The van der Waals surface area contributed by atoms with Gasteiger partial charge in [0.15, 0.2) is 5.78 Å². The zero-order valence-corrected chi connectivity index (χ0v) is 10.1. The number of ketones is 1. The summed E-state index contributed by atoms with van der Waals surface area (Å²) in [6.45, 7) is 2.47. The van der Waals surface area contributed by atoms with E-state index in [4.69, 9.17) is 10.5 Å². The first-order valence-electron chi connectivity index (χ1n) is 5.90. The summed E-state index contributed by atoms with van der Waals surface area (Å²) in [6.07, 6.45) is 2.36. The first kappa shape index (κ1) is 11.9. The van der Waals surface area contributed by atoms with Gasteiger partial charge in [0.2, 0.25) is 0 Å². The number of nitrogens with two attached hydrogens (primary N) is 1. The molecule has 17 heavy (non-hydrogen) atoms. The van der Waals surface area contributed by atoms with Crippen molar-refractivity contribution in [2.75, 3.05) is 32.5 Å². The van der Waals surface area contributed by atoms with Gasteiger partial charge in [0, 0.05) is 11.3 Å². The standard InChI is InChI=1S/C13H18N2O2/c1-17-10-4-5-12(14)11(8-10)13(16)9-15-6-2-3-7-15/h4-5,8H,2-3,6-7,9,14H2,1H3. The average Bonchev–Trinajstić information content (AvgIpc) is 2.82. The van der Waals surface area contributed by atoms with Gasteiger partial charge < -0.3 is 10.5 Å². The number of nitrogens with zero attached hydrogens (tertiary/aromatic N) is 1. The second kappa shape index (κ2) is 5.19. The lowest BCUT2D eigenvalue weighted by Crippen LogP contribution is -2.27. The van der Waals surface area contributed by atoms with Crippen LogP contribution >= 0.6 is 0 Å². The van der Waals surface area contributed by atoms with Crippen LogP contribution in [0.5, 0.6) is 5.75 Å². The van der Waals surface area contributed by atoms with Gasteiger partial charge in [0.1, 0.15) is 5.75 Å². The third kappa shape index (κ3) is 2.77. The van der Waals surface area contributed by atoms with Crippen LogP contribution in [0.2, 0.25) is 0 Å². The number of carbonyl (C=O) groups is 1. The molecule has 1 aromatic carbocycles. The van der Waals surface area contributed by atoms with E-state index in [-0.39, 0.29) is 5.78 Å². The Labute approximate surface area is 101 Å². The molecule has 4 heteroatoms.